The zero-order valence-electron chi connectivity index (χ0n) is 11.8. The smallest absolute Gasteiger partial charge is 0.265 e. The van der Waals surface area contributed by atoms with E-state index in [9.17, 15) is 14.7 Å². The number of benzene rings is 1. The van der Waals surface area contributed by atoms with Crippen molar-refractivity contribution in [3.05, 3.63) is 62.8 Å². The van der Waals surface area contributed by atoms with Gasteiger partial charge in [-0.2, -0.15) is 0 Å². The zero-order valence-corrected chi connectivity index (χ0v) is 12.7. The van der Waals surface area contributed by atoms with E-state index in [1.165, 1.54) is 11.3 Å². The third-order valence-corrected chi connectivity index (χ3v) is 4.44. The van der Waals surface area contributed by atoms with Crippen LogP contribution in [-0.2, 0) is 6.54 Å². The Bertz CT molecular complexity index is 911. The van der Waals surface area contributed by atoms with E-state index in [1.54, 1.807) is 11.4 Å². The Morgan fingerprint density at radius 3 is 2.86 bits per heavy atom. The first-order valence-corrected chi connectivity index (χ1v) is 7.61. The Morgan fingerprint density at radius 2 is 2.09 bits per heavy atom. The number of fused-ring (bicyclic) bond motifs is 1. The van der Waals surface area contributed by atoms with Crippen molar-refractivity contribution in [2.45, 2.75) is 13.5 Å². The van der Waals surface area contributed by atoms with Crippen molar-refractivity contribution in [3.8, 4) is 5.75 Å². The van der Waals surface area contributed by atoms with Crippen LogP contribution in [0.3, 0.4) is 0 Å². The monoisotopic (exact) mass is 314 g/mol. The van der Waals surface area contributed by atoms with E-state index < -0.39 is 11.5 Å². The highest BCUT2D eigenvalue weighted by molar-refractivity contribution is 7.17. The molecule has 1 aromatic carbocycles. The van der Waals surface area contributed by atoms with Crippen LogP contribution in [0, 0.1) is 6.92 Å². The van der Waals surface area contributed by atoms with Crippen LogP contribution in [-0.4, -0.2) is 16.0 Å². The molecular weight excluding hydrogens is 300 g/mol. The number of hydrogen-bond acceptors (Lipinski definition) is 4. The van der Waals surface area contributed by atoms with E-state index in [2.05, 4.69) is 10.3 Å². The number of pyridine rings is 1. The zero-order chi connectivity index (χ0) is 15.7. The molecule has 0 aliphatic heterocycles. The Kier molecular flexibility index (Phi) is 3.68. The Balaban J connectivity index is 1.89. The number of amides is 1. The summed E-state index contributed by atoms with van der Waals surface area (Å²) in [5, 5.41) is 14.6. The minimum absolute atomic E-state index is 0.247. The first kappa shape index (κ1) is 14.3. The number of aryl methyl sites for hydroxylation is 1. The molecule has 5 nitrogen and oxygen atoms in total. The fourth-order valence-corrected chi connectivity index (χ4v) is 3.08. The van der Waals surface area contributed by atoms with Crippen LogP contribution in [0.5, 0.6) is 5.75 Å². The van der Waals surface area contributed by atoms with Gasteiger partial charge < -0.3 is 15.4 Å². The number of hydrogen-bond donors (Lipinski definition) is 3. The largest absolute Gasteiger partial charge is 0.505 e. The third-order valence-electron chi connectivity index (χ3n) is 3.52. The molecule has 0 aliphatic rings. The van der Waals surface area contributed by atoms with Gasteiger partial charge in [0.25, 0.3) is 11.5 Å². The minimum Gasteiger partial charge on any atom is -0.505 e. The van der Waals surface area contributed by atoms with Crippen molar-refractivity contribution >= 4 is 27.5 Å². The molecule has 3 aromatic rings. The summed E-state index contributed by atoms with van der Waals surface area (Å²) in [6.07, 6.45) is 0. The van der Waals surface area contributed by atoms with Gasteiger partial charge in [-0.1, -0.05) is 24.3 Å². The van der Waals surface area contributed by atoms with Gasteiger partial charge in [-0.3, -0.25) is 9.59 Å². The van der Waals surface area contributed by atoms with Gasteiger partial charge in [-0.05, 0) is 29.5 Å². The maximum atomic E-state index is 12.3. The molecule has 0 saturated heterocycles. The van der Waals surface area contributed by atoms with Crippen LogP contribution in [0.25, 0.3) is 10.2 Å². The molecule has 2 aromatic heterocycles. The highest BCUT2D eigenvalue weighted by Gasteiger charge is 2.19. The van der Waals surface area contributed by atoms with Crippen molar-refractivity contribution in [2.75, 3.05) is 0 Å². The summed E-state index contributed by atoms with van der Waals surface area (Å²) in [5.41, 5.74) is 1.70. The average molecular weight is 314 g/mol. The number of rotatable bonds is 3. The molecule has 112 valence electrons. The summed E-state index contributed by atoms with van der Waals surface area (Å²) in [5.74, 6) is -0.853. The molecule has 2 heterocycles. The fourth-order valence-electron chi connectivity index (χ4n) is 2.28. The summed E-state index contributed by atoms with van der Waals surface area (Å²) < 4.78 is 0.501. The minimum atomic E-state index is -0.592. The summed E-state index contributed by atoms with van der Waals surface area (Å²) in [7, 11) is 0. The van der Waals surface area contributed by atoms with E-state index in [0.717, 1.165) is 11.1 Å². The van der Waals surface area contributed by atoms with Crippen molar-refractivity contribution in [2.24, 2.45) is 0 Å². The molecule has 0 unspecified atom stereocenters. The second kappa shape index (κ2) is 5.65. The molecule has 0 radical (unpaired) electrons. The third kappa shape index (κ3) is 2.48. The van der Waals surface area contributed by atoms with Gasteiger partial charge in [-0.25, -0.2) is 0 Å². The standard InChI is InChI=1S/C16H14N2O3S/c1-9-4-2-3-5-10(9)8-17-15(20)12-13(19)14-11(6-7-22-14)18-16(12)21/h2-7H,8H2,1H3,(H,17,20)(H2,18,19,21). The number of nitrogens with one attached hydrogen (secondary N) is 2. The molecule has 1 amide bonds. The lowest BCUT2D eigenvalue weighted by molar-refractivity contribution is 0.0947. The number of aromatic amines is 1. The Morgan fingerprint density at radius 1 is 1.32 bits per heavy atom. The van der Waals surface area contributed by atoms with Gasteiger partial charge in [0.15, 0.2) is 5.75 Å². The van der Waals surface area contributed by atoms with Gasteiger partial charge in [0.05, 0.1) is 10.2 Å². The lowest BCUT2D eigenvalue weighted by Gasteiger charge is -2.08. The van der Waals surface area contributed by atoms with Crippen LogP contribution in [0.1, 0.15) is 21.5 Å². The highest BCUT2D eigenvalue weighted by atomic mass is 32.1. The number of aromatic nitrogens is 1. The summed E-state index contributed by atoms with van der Waals surface area (Å²) in [4.78, 5) is 26.9. The highest BCUT2D eigenvalue weighted by Crippen LogP contribution is 2.29. The second-order valence-corrected chi connectivity index (χ2v) is 5.87. The van der Waals surface area contributed by atoms with Crippen molar-refractivity contribution in [1.29, 1.82) is 0 Å². The molecule has 22 heavy (non-hydrogen) atoms. The number of carbonyl (C=O) groups is 1. The SMILES string of the molecule is Cc1ccccc1CNC(=O)c1c(O)c2sccc2[nH]c1=O. The molecule has 0 bridgehead atoms. The molecular formula is C16H14N2O3S. The maximum Gasteiger partial charge on any atom is 0.265 e. The van der Waals surface area contributed by atoms with Crippen molar-refractivity contribution < 1.29 is 9.90 Å². The van der Waals surface area contributed by atoms with E-state index in [1.807, 2.05) is 31.2 Å². The second-order valence-electron chi connectivity index (χ2n) is 4.95. The lowest BCUT2D eigenvalue weighted by Crippen LogP contribution is -2.29. The molecule has 0 fully saturated rings. The molecule has 0 saturated carbocycles. The van der Waals surface area contributed by atoms with Gasteiger partial charge >= 0.3 is 0 Å². The average Bonchev–Trinajstić information content (AvgIpc) is 2.95. The molecule has 0 atom stereocenters. The summed E-state index contributed by atoms with van der Waals surface area (Å²) in [6.45, 7) is 2.25. The molecule has 3 rings (SSSR count). The van der Waals surface area contributed by atoms with Crippen LogP contribution >= 0.6 is 11.3 Å². The topological polar surface area (TPSA) is 82.2 Å². The summed E-state index contributed by atoms with van der Waals surface area (Å²) in [6, 6.07) is 9.35. The van der Waals surface area contributed by atoms with Crippen LogP contribution < -0.4 is 10.9 Å². The quantitative estimate of drug-likeness (QED) is 0.695. The van der Waals surface area contributed by atoms with Gasteiger partial charge in [-0.15, -0.1) is 11.3 Å². The first-order chi connectivity index (χ1) is 10.6. The van der Waals surface area contributed by atoms with Gasteiger partial charge in [0, 0.05) is 6.54 Å². The van der Waals surface area contributed by atoms with E-state index >= 15 is 0 Å². The molecule has 0 spiro atoms. The van der Waals surface area contributed by atoms with E-state index in [4.69, 9.17) is 0 Å². The summed E-state index contributed by atoms with van der Waals surface area (Å²) >= 11 is 1.27. The number of H-pyrrole nitrogens is 1. The molecule has 6 heteroatoms. The van der Waals surface area contributed by atoms with Crippen LogP contribution in [0.4, 0.5) is 0 Å². The number of thiophene rings is 1. The molecule has 0 aliphatic carbocycles. The molecule has 3 N–H and O–H groups in total. The maximum absolute atomic E-state index is 12.3. The predicted octanol–water partition coefficient (Wildman–Crippen LogP) is 2.53. The van der Waals surface area contributed by atoms with E-state index in [-0.39, 0.29) is 11.3 Å². The van der Waals surface area contributed by atoms with Crippen molar-refractivity contribution in [3.63, 3.8) is 0 Å². The van der Waals surface area contributed by atoms with Crippen molar-refractivity contribution in [1.82, 2.24) is 10.3 Å². The number of aromatic hydroxyl groups is 1. The Hall–Kier alpha value is -2.60. The predicted molar refractivity (Wildman–Crippen MR) is 86.5 cm³/mol. The fraction of sp³-hybridized carbons (Fsp3) is 0.125. The van der Waals surface area contributed by atoms with Gasteiger partial charge in [0.2, 0.25) is 0 Å². The Labute approximate surface area is 130 Å². The van der Waals surface area contributed by atoms with E-state index in [0.29, 0.717) is 16.8 Å². The number of carbonyl (C=O) groups excluding carboxylic acids is 1. The lowest BCUT2D eigenvalue weighted by atomic mass is 10.1. The first-order valence-electron chi connectivity index (χ1n) is 6.73. The normalized spacial score (nSPS) is 10.8. The van der Waals surface area contributed by atoms with Gasteiger partial charge in [0.1, 0.15) is 5.56 Å². The van der Waals surface area contributed by atoms with Crippen LogP contribution in [0.15, 0.2) is 40.5 Å². The van der Waals surface area contributed by atoms with Crippen LogP contribution in [0.2, 0.25) is 0 Å².